The van der Waals surface area contributed by atoms with Crippen LogP contribution in [0.15, 0.2) is 29.2 Å². The quantitative estimate of drug-likeness (QED) is 0.927. The summed E-state index contributed by atoms with van der Waals surface area (Å²) in [6.07, 6.45) is 2.75. The molecule has 7 heteroatoms. The van der Waals surface area contributed by atoms with E-state index in [2.05, 4.69) is 10.2 Å². The molecule has 1 saturated heterocycles. The van der Waals surface area contributed by atoms with Crippen molar-refractivity contribution in [1.29, 1.82) is 0 Å². The van der Waals surface area contributed by atoms with Crippen molar-refractivity contribution in [3.8, 4) is 0 Å². The average molecular weight is 318 g/mol. The summed E-state index contributed by atoms with van der Waals surface area (Å²) < 4.78 is 48.9. The van der Waals surface area contributed by atoms with Gasteiger partial charge in [-0.3, -0.25) is 0 Å². The Kier molecular flexibility index (Phi) is 5.16. The van der Waals surface area contributed by atoms with Crippen LogP contribution in [0.5, 0.6) is 0 Å². The molecule has 0 bridgehead atoms. The molecule has 0 amide bonds. The number of benzene rings is 1. The van der Waals surface area contributed by atoms with Crippen molar-refractivity contribution in [2.75, 3.05) is 25.5 Å². The molecule has 118 valence electrons. The SMILES string of the molecule is CN1CCCC(Nc2ccccc2S(=O)(=O)C(F)F)CC1. The zero-order valence-corrected chi connectivity index (χ0v) is 12.7. The van der Waals surface area contributed by atoms with Crippen LogP contribution in [-0.2, 0) is 9.84 Å². The van der Waals surface area contributed by atoms with E-state index in [4.69, 9.17) is 0 Å². The Hall–Kier alpha value is -1.21. The lowest BCUT2D eigenvalue weighted by molar-refractivity contribution is 0.235. The first-order chi connectivity index (χ1) is 9.91. The number of hydrogen-bond donors (Lipinski definition) is 1. The van der Waals surface area contributed by atoms with Crippen molar-refractivity contribution in [1.82, 2.24) is 4.90 Å². The zero-order chi connectivity index (χ0) is 15.5. The van der Waals surface area contributed by atoms with E-state index in [9.17, 15) is 17.2 Å². The highest BCUT2D eigenvalue weighted by Gasteiger charge is 2.29. The van der Waals surface area contributed by atoms with Crippen LogP contribution in [0.2, 0.25) is 0 Å². The molecule has 1 unspecified atom stereocenters. The van der Waals surface area contributed by atoms with E-state index in [0.29, 0.717) is 0 Å². The highest BCUT2D eigenvalue weighted by Crippen LogP contribution is 2.27. The number of likely N-dealkylation sites (tertiary alicyclic amines) is 1. The summed E-state index contributed by atoms with van der Waals surface area (Å²) in [5.74, 6) is -3.40. The fraction of sp³-hybridized carbons (Fsp3) is 0.571. The van der Waals surface area contributed by atoms with Gasteiger partial charge in [0.15, 0.2) is 0 Å². The zero-order valence-electron chi connectivity index (χ0n) is 11.9. The minimum Gasteiger partial charge on any atom is -0.381 e. The first kappa shape index (κ1) is 16.2. The number of para-hydroxylation sites is 1. The fourth-order valence-electron chi connectivity index (χ4n) is 2.53. The third kappa shape index (κ3) is 3.91. The van der Waals surface area contributed by atoms with E-state index < -0.39 is 15.6 Å². The lowest BCUT2D eigenvalue weighted by atomic mass is 10.1. The van der Waals surface area contributed by atoms with Crippen LogP contribution in [0, 0.1) is 0 Å². The van der Waals surface area contributed by atoms with Crippen LogP contribution in [0.25, 0.3) is 0 Å². The molecule has 0 aliphatic carbocycles. The molecule has 0 saturated carbocycles. The van der Waals surface area contributed by atoms with Gasteiger partial charge in [-0.15, -0.1) is 0 Å². The molecule has 0 aromatic heterocycles. The normalized spacial score (nSPS) is 21.2. The summed E-state index contributed by atoms with van der Waals surface area (Å²) in [5, 5.41) is 3.13. The standard InChI is InChI=1S/C14H20F2N2O2S/c1-18-9-4-5-11(8-10-18)17-12-6-2-3-7-13(12)21(19,20)14(15)16/h2-3,6-7,11,14,17H,4-5,8-10H2,1H3. The number of halogens is 2. The van der Waals surface area contributed by atoms with Gasteiger partial charge in [0.05, 0.1) is 10.6 Å². The van der Waals surface area contributed by atoms with Crippen LogP contribution in [0.3, 0.4) is 0 Å². The van der Waals surface area contributed by atoms with Gasteiger partial charge >= 0.3 is 5.76 Å². The molecule has 1 atom stereocenters. The number of nitrogens with one attached hydrogen (secondary N) is 1. The largest absolute Gasteiger partial charge is 0.381 e. The van der Waals surface area contributed by atoms with Gasteiger partial charge in [0.1, 0.15) is 0 Å². The topological polar surface area (TPSA) is 49.4 Å². The summed E-state index contributed by atoms with van der Waals surface area (Å²) in [4.78, 5) is 1.89. The molecule has 1 aromatic rings. The first-order valence-electron chi connectivity index (χ1n) is 6.97. The second-order valence-electron chi connectivity index (χ2n) is 5.38. The van der Waals surface area contributed by atoms with E-state index in [1.807, 2.05) is 7.05 Å². The van der Waals surface area contributed by atoms with Crippen molar-refractivity contribution in [3.05, 3.63) is 24.3 Å². The Morgan fingerprint density at radius 2 is 1.95 bits per heavy atom. The summed E-state index contributed by atoms with van der Waals surface area (Å²) >= 11 is 0. The lowest BCUT2D eigenvalue weighted by Crippen LogP contribution is -2.24. The third-order valence-corrected chi connectivity index (χ3v) is 5.18. The molecule has 2 rings (SSSR count). The third-order valence-electron chi connectivity index (χ3n) is 3.74. The maximum absolute atomic E-state index is 12.8. The van der Waals surface area contributed by atoms with E-state index in [-0.39, 0.29) is 16.6 Å². The second kappa shape index (κ2) is 6.70. The van der Waals surface area contributed by atoms with Gasteiger partial charge in [-0.25, -0.2) is 8.42 Å². The smallest absolute Gasteiger partial charge is 0.341 e. The predicted molar refractivity (Wildman–Crippen MR) is 78.4 cm³/mol. The first-order valence-corrected chi connectivity index (χ1v) is 8.52. The van der Waals surface area contributed by atoms with Gasteiger partial charge in [0.2, 0.25) is 9.84 Å². The van der Waals surface area contributed by atoms with E-state index in [1.165, 1.54) is 12.1 Å². The van der Waals surface area contributed by atoms with Gasteiger partial charge in [-0.2, -0.15) is 8.78 Å². The summed E-state index contributed by atoms with van der Waals surface area (Å²) in [5.41, 5.74) is 0.271. The highest BCUT2D eigenvalue weighted by atomic mass is 32.2. The minimum absolute atomic E-state index is 0.101. The number of nitrogens with zero attached hydrogens (tertiary/aromatic N) is 1. The number of hydrogen-bond acceptors (Lipinski definition) is 4. The summed E-state index contributed by atoms with van der Waals surface area (Å²) in [6, 6.07) is 5.98. The number of alkyl halides is 2. The highest BCUT2D eigenvalue weighted by molar-refractivity contribution is 7.91. The molecular weight excluding hydrogens is 298 g/mol. The van der Waals surface area contributed by atoms with Crippen molar-refractivity contribution in [2.24, 2.45) is 0 Å². The Balaban J connectivity index is 2.21. The molecule has 1 aliphatic heterocycles. The van der Waals surface area contributed by atoms with Gasteiger partial charge in [0.25, 0.3) is 0 Å². The van der Waals surface area contributed by atoms with Crippen molar-refractivity contribution >= 4 is 15.5 Å². The fourth-order valence-corrected chi connectivity index (χ4v) is 3.43. The van der Waals surface area contributed by atoms with Gasteiger partial charge < -0.3 is 10.2 Å². The van der Waals surface area contributed by atoms with Gasteiger partial charge in [-0.1, -0.05) is 12.1 Å². The Morgan fingerprint density at radius 3 is 2.67 bits per heavy atom. The van der Waals surface area contributed by atoms with E-state index in [1.54, 1.807) is 12.1 Å². The molecule has 1 heterocycles. The van der Waals surface area contributed by atoms with Gasteiger partial charge in [0, 0.05) is 6.04 Å². The van der Waals surface area contributed by atoms with E-state index in [0.717, 1.165) is 32.4 Å². The molecular formula is C14H20F2N2O2S. The Morgan fingerprint density at radius 1 is 1.24 bits per heavy atom. The van der Waals surface area contributed by atoms with Crippen LogP contribution in [0.4, 0.5) is 14.5 Å². The minimum atomic E-state index is -4.58. The number of sulfone groups is 1. The van der Waals surface area contributed by atoms with Crippen LogP contribution >= 0.6 is 0 Å². The lowest BCUT2D eigenvalue weighted by Gasteiger charge is -2.20. The molecule has 1 aromatic carbocycles. The summed E-state index contributed by atoms with van der Waals surface area (Å²) in [7, 11) is -2.55. The molecule has 1 fully saturated rings. The van der Waals surface area contributed by atoms with Crippen molar-refractivity contribution in [3.63, 3.8) is 0 Å². The van der Waals surface area contributed by atoms with Crippen LogP contribution in [0.1, 0.15) is 19.3 Å². The van der Waals surface area contributed by atoms with Crippen LogP contribution < -0.4 is 5.32 Å². The molecule has 21 heavy (non-hydrogen) atoms. The van der Waals surface area contributed by atoms with Crippen molar-refractivity contribution in [2.45, 2.75) is 36.0 Å². The average Bonchev–Trinajstić information content (AvgIpc) is 2.64. The second-order valence-corrected chi connectivity index (χ2v) is 7.26. The molecule has 0 spiro atoms. The molecule has 1 aliphatic rings. The van der Waals surface area contributed by atoms with Gasteiger partial charge in [-0.05, 0) is 51.5 Å². The van der Waals surface area contributed by atoms with Crippen molar-refractivity contribution < 1.29 is 17.2 Å². The number of anilines is 1. The molecule has 0 radical (unpaired) electrons. The Bertz CT molecular complexity index is 578. The monoisotopic (exact) mass is 318 g/mol. The summed E-state index contributed by atoms with van der Waals surface area (Å²) in [6.45, 7) is 1.90. The molecule has 1 N–H and O–H groups in total. The molecule has 4 nitrogen and oxygen atoms in total. The maximum atomic E-state index is 12.8. The predicted octanol–water partition coefficient (Wildman–Crippen LogP) is 2.58. The maximum Gasteiger partial charge on any atom is 0.341 e. The number of rotatable bonds is 4. The van der Waals surface area contributed by atoms with Crippen LogP contribution in [-0.4, -0.2) is 45.3 Å². The van der Waals surface area contributed by atoms with E-state index >= 15 is 0 Å². The Labute approximate surface area is 124 Å².